The van der Waals surface area contributed by atoms with E-state index in [0.29, 0.717) is 19.5 Å². The van der Waals surface area contributed by atoms with Crippen LogP contribution in [-0.4, -0.2) is 93.9 Å². The fraction of sp³-hybridized carbons (Fsp3) is 0.314. The standard InChI is InChI=1S/C35H38N6O4/c1-4-6-19-36-33-27(5-2)13-10-14-28(33)22-39-23-31-40(30(34(39)44)20-25-15-17-29(42)18-16-25)32(43)24-38(3)41(31)35(45)37-21-26-11-8-7-9-12-26/h1,5,7-18,30-31,42H,6,19-24H2,2-3H3,(H,37,45)/b27-5-,36-33?/t30-,31?/m0/s1. The maximum Gasteiger partial charge on any atom is 0.334 e. The Balaban J connectivity index is 1.48. The number of aromatic hydroxyl groups is 1. The van der Waals surface area contributed by atoms with Crippen LogP contribution in [-0.2, 0) is 22.6 Å². The van der Waals surface area contributed by atoms with E-state index < -0.39 is 12.2 Å². The lowest BCUT2D eigenvalue weighted by Crippen LogP contribution is -2.76. The van der Waals surface area contributed by atoms with Crippen molar-refractivity contribution in [1.29, 1.82) is 0 Å². The minimum absolute atomic E-state index is 0.0544. The quantitative estimate of drug-likeness (QED) is 0.354. The van der Waals surface area contributed by atoms with Crippen LogP contribution in [0.25, 0.3) is 0 Å². The molecule has 3 aliphatic rings. The molecule has 1 unspecified atom stereocenters. The molecule has 2 atom stereocenters. The summed E-state index contributed by atoms with van der Waals surface area (Å²) in [5.74, 6) is 2.27. The molecule has 0 spiro atoms. The second-order valence-corrected chi connectivity index (χ2v) is 11.2. The van der Waals surface area contributed by atoms with Crippen LogP contribution in [0.3, 0.4) is 0 Å². The van der Waals surface area contributed by atoms with E-state index in [-0.39, 0.29) is 49.7 Å². The van der Waals surface area contributed by atoms with Crippen molar-refractivity contribution in [1.82, 2.24) is 25.1 Å². The second-order valence-electron chi connectivity index (χ2n) is 11.2. The van der Waals surface area contributed by atoms with Gasteiger partial charge in [0.1, 0.15) is 18.0 Å². The number of nitrogens with one attached hydrogen (secondary N) is 1. The molecular weight excluding hydrogens is 568 g/mol. The van der Waals surface area contributed by atoms with Gasteiger partial charge < -0.3 is 20.2 Å². The number of nitrogens with zero attached hydrogens (tertiary/aromatic N) is 5. The first-order chi connectivity index (χ1) is 21.8. The monoisotopic (exact) mass is 606 g/mol. The van der Waals surface area contributed by atoms with Gasteiger partial charge in [-0.25, -0.2) is 14.8 Å². The SMILES string of the molecule is C#CCCN=C1C(CN2CC3N(C(=O)CN(C)N3C(=O)NCc3ccccc3)[C@@H](Cc3ccc(O)cc3)C2=O)=CC=C/C1=C/C. The van der Waals surface area contributed by atoms with Crippen LogP contribution in [0.4, 0.5) is 4.79 Å². The molecule has 0 bridgehead atoms. The third kappa shape index (κ3) is 7.00. The Morgan fingerprint density at radius 3 is 2.60 bits per heavy atom. The summed E-state index contributed by atoms with van der Waals surface area (Å²) < 4.78 is 0. The highest BCUT2D eigenvalue weighted by atomic mass is 16.3. The zero-order valence-electron chi connectivity index (χ0n) is 25.6. The van der Waals surface area contributed by atoms with Crippen molar-refractivity contribution in [2.45, 2.75) is 38.5 Å². The highest BCUT2D eigenvalue weighted by molar-refractivity contribution is 6.15. The molecule has 0 saturated carbocycles. The highest BCUT2D eigenvalue weighted by Crippen LogP contribution is 2.29. The number of phenolic OH excluding ortho intramolecular Hbond substituents is 1. The number of hydrogen-bond acceptors (Lipinski definition) is 6. The van der Waals surface area contributed by atoms with Crippen LogP contribution in [0.2, 0.25) is 0 Å². The van der Waals surface area contributed by atoms with Crippen LogP contribution in [0.1, 0.15) is 24.5 Å². The molecule has 1 aliphatic carbocycles. The Morgan fingerprint density at radius 1 is 1.13 bits per heavy atom. The number of hydrogen-bond donors (Lipinski definition) is 2. The zero-order valence-corrected chi connectivity index (χ0v) is 25.6. The number of fused-ring (bicyclic) bond motifs is 1. The summed E-state index contributed by atoms with van der Waals surface area (Å²) in [6, 6.07) is 15.0. The molecule has 0 radical (unpaired) electrons. The number of hydrazine groups is 1. The predicted molar refractivity (Wildman–Crippen MR) is 173 cm³/mol. The summed E-state index contributed by atoms with van der Waals surface area (Å²) in [5, 5.41) is 16.0. The zero-order chi connectivity index (χ0) is 31.9. The average Bonchev–Trinajstić information content (AvgIpc) is 3.04. The molecule has 0 aromatic heterocycles. The van der Waals surface area contributed by atoms with E-state index in [9.17, 15) is 19.5 Å². The van der Waals surface area contributed by atoms with Gasteiger partial charge in [0, 0.05) is 33.0 Å². The summed E-state index contributed by atoms with van der Waals surface area (Å²) in [4.78, 5) is 49.7. The minimum Gasteiger partial charge on any atom is -0.508 e. The van der Waals surface area contributed by atoms with Gasteiger partial charge in [-0.05, 0) is 41.3 Å². The van der Waals surface area contributed by atoms with Crippen LogP contribution in [0.5, 0.6) is 5.75 Å². The first kappa shape index (κ1) is 31.3. The van der Waals surface area contributed by atoms with Gasteiger partial charge in [-0.1, -0.05) is 66.8 Å². The molecule has 5 rings (SSSR count). The van der Waals surface area contributed by atoms with Crippen molar-refractivity contribution < 1.29 is 19.5 Å². The third-order valence-corrected chi connectivity index (χ3v) is 8.15. The van der Waals surface area contributed by atoms with Crippen molar-refractivity contribution in [3.63, 3.8) is 0 Å². The van der Waals surface area contributed by atoms with Crippen LogP contribution >= 0.6 is 0 Å². The fourth-order valence-corrected chi connectivity index (χ4v) is 5.96. The Labute approximate surface area is 264 Å². The lowest BCUT2D eigenvalue weighted by molar-refractivity contribution is -0.186. The van der Waals surface area contributed by atoms with Gasteiger partial charge in [-0.3, -0.25) is 14.6 Å². The third-order valence-electron chi connectivity index (χ3n) is 8.15. The van der Waals surface area contributed by atoms with Crippen molar-refractivity contribution in [3.05, 3.63) is 101 Å². The summed E-state index contributed by atoms with van der Waals surface area (Å²) in [7, 11) is 1.70. The summed E-state index contributed by atoms with van der Waals surface area (Å²) in [5.41, 5.74) is 4.29. The fourth-order valence-electron chi connectivity index (χ4n) is 5.96. The molecule has 232 valence electrons. The topological polar surface area (TPSA) is 109 Å². The number of carbonyl (C=O) groups is 3. The number of carbonyl (C=O) groups excluding carboxylic acids is 3. The molecule has 2 N–H and O–H groups in total. The molecule has 2 saturated heterocycles. The molecule has 2 aromatic rings. The molecule has 2 fully saturated rings. The van der Waals surface area contributed by atoms with Gasteiger partial charge in [-0.2, -0.15) is 0 Å². The number of phenols is 1. The number of amides is 4. The van der Waals surface area contributed by atoms with E-state index in [2.05, 4.69) is 11.2 Å². The summed E-state index contributed by atoms with van der Waals surface area (Å²) in [6.07, 6.45) is 13.3. The molecule has 45 heavy (non-hydrogen) atoms. The molecule has 2 heterocycles. The number of terminal acetylenes is 1. The molecular formula is C35H38N6O4. The summed E-state index contributed by atoms with van der Waals surface area (Å²) in [6.45, 7) is 3.00. The largest absolute Gasteiger partial charge is 0.508 e. The highest BCUT2D eigenvalue weighted by Gasteiger charge is 2.50. The van der Waals surface area contributed by atoms with Crippen molar-refractivity contribution in [2.24, 2.45) is 4.99 Å². The Morgan fingerprint density at radius 2 is 1.89 bits per heavy atom. The van der Waals surface area contributed by atoms with Crippen molar-refractivity contribution >= 4 is 23.6 Å². The smallest absolute Gasteiger partial charge is 0.334 e. The maximum absolute atomic E-state index is 14.3. The number of rotatable bonds is 8. The Hall–Kier alpha value is -5.14. The van der Waals surface area contributed by atoms with Crippen LogP contribution in [0, 0.1) is 12.3 Å². The number of benzene rings is 2. The second kappa shape index (κ2) is 14.1. The first-order valence-corrected chi connectivity index (χ1v) is 15.0. The normalized spacial score (nSPS) is 22.0. The lowest BCUT2D eigenvalue weighted by atomic mass is 9.94. The van der Waals surface area contributed by atoms with Gasteiger partial charge >= 0.3 is 6.03 Å². The van der Waals surface area contributed by atoms with E-state index in [1.54, 1.807) is 51.1 Å². The van der Waals surface area contributed by atoms with E-state index >= 15 is 0 Å². The minimum atomic E-state index is -0.860. The van der Waals surface area contributed by atoms with Crippen molar-refractivity contribution in [3.8, 4) is 18.1 Å². The van der Waals surface area contributed by atoms with E-state index in [0.717, 1.165) is 28.0 Å². The van der Waals surface area contributed by atoms with E-state index in [1.165, 1.54) is 0 Å². The molecule has 4 amide bonds. The van der Waals surface area contributed by atoms with Gasteiger partial charge in [0.05, 0.1) is 25.3 Å². The molecule has 2 aliphatic heterocycles. The Bertz CT molecular complexity index is 1590. The Kier molecular flexibility index (Phi) is 9.80. The number of likely N-dealkylation sites (N-methyl/N-ethyl adjacent to an activating group) is 1. The number of aliphatic imine (C=N–C) groups is 1. The lowest BCUT2D eigenvalue weighted by Gasteiger charge is -2.54. The first-order valence-electron chi connectivity index (χ1n) is 15.0. The molecule has 10 heteroatoms. The van der Waals surface area contributed by atoms with Crippen molar-refractivity contribution in [2.75, 3.05) is 33.2 Å². The van der Waals surface area contributed by atoms with Crippen LogP contribution in [0.15, 0.2) is 95.0 Å². The molecule has 10 nitrogen and oxygen atoms in total. The van der Waals surface area contributed by atoms with Gasteiger partial charge in [0.25, 0.3) is 0 Å². The molecule has 2 aromatic carbocycles. The van der Waals surface area contributed by atoms with Gasteiger partial charge in [0.15, 0.2) is 0 Å². The average molecular weight is 607 g/mol. The van der Waals surface area contributed by atoms with Crippen LogP contribution < -0.4 is 5.32 Å². The summed E-state index contributed by atoms with van der Waals surface area (Å²) >= 11 is 0. The van der Waals surface area contributed by atoms with Gasteiger partial charge in [0.2, 0.25) is 11.8 Å². The predicted octanol–water partition coefficient (Wildman–Crippen LogP) is 3.28. The number of piperazine rings is 1. The number of urea groups is 1. The maximum atomic E-state index is 14.3. The van der Waals surface area contributed by atoms with E-state index in [4.69, 9.17) is 11.4 Å². The van der Waals surface area contributed by atoms with E-state index in [1.807, 2.05) is 61.6 Å². The number of allylic oxidation sites excluding steroid dienone is 5. The van der Waals surface area contributed by atoms with Gasteiger partial charge in [-0.15, -0.1) is 12.3 Å².